The molecule has 5 heteroatoms. The van der Waals surface area contributed by atoms with Gasteiger partial charge in [0.25, 0.3) is 5.91 Å². The number of carbonyl (C=O) groups is 1. The zero-order chi connectivity index (χ0) is 13.4. The molecule has 1 N–H and O–H groups in total. The smallest absolute Gasteiger partial charge is 0.254 e. The Morgan fingerprint density at radius 3 is 3.05 bits per heavy atom. The summed E-state index contributed by atoms with van der Waals surface area (Å²) in [6, 6.07) is 4.87. The van der Waals surface area contributed by atoms with Crippen molar-refractivity contribution >= 4 is 21.8 Å². The molecule has 1 aromatic rings. The Labute approximate surface area is 120 Å². The quantitative estimate of drug-likeness (QED) is 0.859. The lowest BCUT2D eigenvalue weighted by molar-refractivity contribution is 0.0574. The Balaban J connectivity index is 1.84. The third kappa shape index (κ3) is 2.41. The number of hydrogen-bond acceptors (Lipinski definition) is 2. The van der Waals surface area contributed by atoms with Gasteiger partial charge in [-0.3, -0.25) is 4.79 Å². The van der Waals surface area contributed by atoms with Crippen LogP contribution in [0.1, 0.15) is 23.2 Å². The number of nitrogens with zero attached hydrogens (tertiary/aromatic N) is 1. The molecule has 0 aliphatic carbocycles. The average molecular weight is 327 g/mol. The summed E-state index contributed by atoms with van der Waals surface area (Å²) >= 11 is 3.11. The van der Waals surface area contributed by atoms with Crippen LogP contribution < -0.4 is 5.32 Å². The van der Waals surface area contributed by atoms with Gasteiger partial charge in [0, 0.05) is 31.2 Å². The first kappa shape index (κ1) is 13.1. The highest BCUT2D eigenvalue weighted by Crippen LogP contribution is 2.28. The fourth-order valence-corrected chi connectivity index (χ4v) is 3.36. The van der Waals surface area contributed by atoms with Crippen LogP contribution in [0.4, 0.5) is 4.39 Å². The van der Waals surface area contributed by atoms with Crippen LogP contribution in [0, 0.1) is 11.7 Å². The molecule has 0 aromatic heterocycles. The minimum absolute atomic E-state index is 0.0511. The van der Waals surface area contributed by atoms with Gasteiger partial charge in [0.1, 0.15) is 5.82 Å². The Kier molecular flexibility index (Phi) is 3.58. The first-order chi connectivity index (χ1) is 9.16. The molecular formula is C14H16BrFN2O. The van der Waals surface area contributed by atoms with E-state index in [1.54, 1.807) is 12.1 Å². The number of fused-ring (bicyclic) bond motifs is 1. The average Bonchev–Trinajstić information content (AvgIpc) is 2.89. The standard InChI is InChI=1S/C14H16BrFN2O/c15-11-4-3-9(6-12(11)16)14(19)18-5-1-2-10-7-17-8-13(10)18/h3-4,6,10,13,17H,1-2,5,7-8H2. The Morgan fingerprint density at radius 1 is 1.42 bits per heavy atom. The first-order valence-electron chi connectivity index (χ1n) is 6.63. The van der Waals surface area contributed by atoms with E-state index in [1.807, 2.05) is 4.90 Å². The van der Waals surface area contributed by atoms with Gasteiger partial charge >= 0.3 is 0 Å². The molecule has 0 bridgehead atoms. The van der Waals surface area contributed by atoms with Gasteiger partial charge in [0.05, 0.1) is 4.47 Å². The first-order valence-corrected chi connectivity index (χ1v) is 7.43. The molecule has 1 aromatic carbocycles. The normalized spacial score (nSPS) is 26.3. The lowest BCUT2D eigenvalue weighted by Crippen LogP contribution is -2.48. The van der Waals surface area contributed by atoms with E-state index >= 15 is 0 Å². The monoisotopic (exact) mass is 326 g/mol. The zero-order valence-electron chi connectivity index (χ0n) is 10.5. The van der Waals surface area contributed by atoms with Crippen molar-refractivity contribution in [3.63, 3.8) is 0 Å². The van der Waals surface area contributed by atoms with Gasteiger partial charge in [-0.1, -0.05) is 0 Å². The van der Waals surface area contributed by atoms with Crippen LogP contribution in [0.3, 0.4) is 0 Å². The Hall–Kier alpha value is -0.940. The van der Waals surface area contributed by atoms with Gasteiger partial charge in [0.2, 0.25) is 0 Å². The molecule has 0 spiro atoms. The second-order valence-electron chi connectivity index (χ2n) is 5.26. The molecule has 2 atom stereocenters. The highest BCUT2D eigenvalue weighted by Gasteiger charge is 2.37. The molecule has 0 saturated carbocycles. The molecule has 2 fully saturated rings. The predicted molar refractivity (Wildman–Crippen MR) is 74.5 cm³/mol. The van der Waals surface area contributed by atoms with E-state index in [-0.39, 0.29) is 17.8 Å². The second kappa shape index (κ2) is 5.21. The number of halogens is 2. The summed E-state index contributed by atoms with van der Waals surface area (Å²) in [5.74, 6) is 0.117. The number of piperidine rings is 1. The molecule has 1 amide bonds. The molecule has 19 heavy (non-hydrogen) atoms. The minimum Gasteiger partial charge on any atom is -0.334 e. The van der Waals surface area contributed by atoms with Crippen LogP contribution >= 0.6 is 15.9 Å². The molecule has 2 aliphatic rings. The Bertz CT molecular complexity index is 508. The summed E-state index contributed by atoms with van der Waals surface area (Å²) < 4.78 is 13.9. The van der Waals surface area contributed by atoms with Gasteiger partial charge in [-0.05, 0) is 52.9 Å². The number of hydrogen-bond donors (Lipinski definition) is 1. The number of likely N-dealkylation sites (tertiary alicyclic amines) is 1. The van der Waals surface area contributed by atoms with E-state index in [4.69, 9.17) is 0 Å². The van der Waals surface area contributed by atoms with E-state index in [2.05, 4.69) is 21.2 Å². The van der Waals surface area contributed by atoms with Crippen LogP contribution in [0.15, 0.2) is 22.7 Å². The maximum atomic E-state index is 13.5. The van der Waals surface area contributed by atoms with Crippen molar-refractivity contribution in [1.82, 2.24) is 10.2 Å². The molecule has 102 valence electrons. The largest absolute Gasteiger partial charge is 0.334 e. The lowest BCUT2D eigenvalue weighted by Gasteiger charge is -2.37. The van der Waals surface area contributed by atoms with Crippen molar-refractivity contribution < 1.29 is 9.18 Å². The maximum absolute atomic E-state index is 13.5. The van der Waals surface area contributed by atoms with Crippen molar-refractivity contribution in [3.05, 3.63) is 34.1 Å². The van der Waals surface area contributed by atoms with Crippen molar-refractivity contribution in [2.45, 2.75) is 18.9 Å². The molecule has 2 aliphatic heterocycles. The van der Waals surface area contributed by atoms with Crippen LogP contribution in [0.2, 0.25) is 0 Å². The topological polar surface area (TPSA) is 32.3 Å². The molecule has 0 radical (unpaired) electrons. The van der Waals surface area contributed by atoms with Gasteiger partial charge < -0.3 is 10.2 Å². The molecule has 2 heterocycles. The highest BCUT2D eigenvalue weighted by molar-refractivity contribution is 9.10. The van der Waals surface area contributed by atoms with Crippen LogP contribution in [-0.4, -0.2) is 36.5 Å². The van der Waals surface area contributed by atoms with E-state index in [0.717, 1.165) is 26.1 Å². The fourth-order valence-electron chi connectivity index (χ4n) is 3.12. The van der Waals surface area contributed by atoms with Gasteiger partial charge in [-0.2, -0.15) is 0 Å². The predicted octanol–water partition coefficient (Wildman–Crippen LogP) is 2.41. The molecule has 2 saturated heterocycles. The van der Waals surface area contributed by atoms with Gasteiger partial charge in [-0.25, -0.2) is 4.39 Å². The number of benzene rings is 1. The van der Waals surface area contributed by atoms with Gasteiger partial charge in [0.15, 0.2) is 0 Å². The van der Waals surface area contributed by atoms with E-state index < -0.39 is 0 Å². The van der Waals surface area contributed by atoms with Crippen LogP contribution in [0.5, 0.6) is 0 Å². The summed E-state index contributed by atoms with van der Waals surface area (Å²) in [6.45, 7) is 2.62. The third-order valence-corrected chi connectivity index (χ3v) is 4.75. The summed E-state index contributed by atoms with van der Waals surface area (Å²) in [5.41, 5.74) is 0.438. The number of rotatable bonds is 1. The highest BCUT2D eigenvalue weighted by atomic mass is 79.9. The van der Waals surface area contributed by atoms with Crippen molar-refractivity contribution in [2.75, 3.05) is 19.6 Å². The Morgan fingerprint density at radius 2 is 2.26 bits per heavy atom. The van der Waals surface area contributed by atoms with Crippen LogP contribution in [-0.2, 0) is 0 Å². The third-order valence-electron chi connectivity index (χ3n) is 4.11. The summed E-state index contributed by atoms with van der Waals surface area (Å²) in [4.78, 5) is 14.4. The number of nitrogens with one attached hydrogen (secondary N) is 1. The molecule has 3 rings (SSSR count). The lowest BCUT2D eigenvalue weighted by atomic mass is 9.91. The fraction of sp³-hybridized carbons (Fsp3) is 0.500. The summed E-state index contributed by atoms with van der Waals surface area (Å²) in [5, 5.41) is 3.35. The van der Waals surface area contributed by atoms with E-state index in [0.29, 0.717) is 16.0 Å². The van der Waals surface area contributed by atoms with Crippen molar-refractivity contribution in [3.8, 4) is 0 Å². The van der Waals surface area contributed by atoms with Crippen molar-refractivity contribution in [1.29, 1.82) is 0 Å². The maximum Gasteiger partial charge on any atom is 0.254 e. The minimum atomic E-state index is -0.385. The molecular weight excluding hydrogens is 311 g/mol. The van der Waals surface area contributed by atoms with E-state index in [1.165, 1.54) is 12.5 Å². The SMILES string of the molecule is O=C(c1ccc(Br)c(F)c1)N1CCCC2CNCC21. The van der Waals surface area contributed by atoms with Crippen LogP contribution in [0.25, 0.3) is 0 Å². The molecule has 2 unspecified atom stereocenters. The number of carbonyl (C=O) groups excluding carboxylic acids is 1. The summed E-state index contributed by atoms with van der Waals surface area (Å²) in [7, 11) is 0. The van der Waals surface area contributed by atoms with E-state index in [9.17, 15) is 9.18 Å². The summed E-state index contributed by atoms with van der Waals surface area (Å²) in [6.07, 6.45) is 2.21. The zero-order valence-corrected chi connectivity index (χ0v) is 12.1. The van der Waals surface area contributed by atoms with Crippen molar-refractivity contribution in [2.24, 2.45) is 5.92 Å². The second-order valence-corrected chi connectivity index (χ2v) is 6.11. The van der Waals surface area contributed by atoms with Gasteiger partial charge in [-0.15, -0.1) is 0 Å². The molecule has 3 nitrogen and oxygen atoms in total. The number of amides is 1.